The van der Waals surface area contributed by atoms with E-state index >= 15 is 0 Å². The molecule has 8 heteroatoms. The Balaban J connectivity index is 2.31. The van der Waals surface area contributed by atoms with E-state index in [1.165, 1.54) is 11.8 Å². The second kappa shape index (κ2) is 9.57. The third-order valence-electron chi connectivity index (χ3n) is 2.52. The van der Waals surface area contributed by atoms with Crippen molar-refractivity contribution >= 4 is 45.6 Å². The highest BCUT2D eigenvalue weighted by molar-refractivity contribution is 9.10. The Hall–Kier alpha value is -1.54. The zero-order valence-corrected chi connectivity index (χ0v) is 15.5. The highest BCUT2D eigenvalue weighted by Gasteiger charge is 2.12. The van der Waals surface area contributed by atoms with E-state index in [1.54, 1.807) is 13.8 Å². The van der Waals surface area contributed by atoms with Gasteiger partial charge in [-0.2, -0.15) is 0 Å². The van der Waals surface area contributed by atoms with Crippen molar-refractivity contribution in [3.05, 3.63) is 28.2 Å². The van der Waals surface area contributed by atoms with E-state index in [2.05, 4.69) is 26.6 Å². The molecule has 0 aliphatic carbocycles. The number of urea groups is 1. The number of hydrogen-bond donors (Lipinski definition) is 2. The lowest BCUT2D eigenvalue weighted by atomic mass is 10.2. The molecule has 0 radical (unpaired) electrons. The lowest BCUT2D eigenvalue weighted by Gasteiger charge is -2.09. The first kappa shape index (κ1) is 19.5. The van der Waals surface area contributed by atoms with Crippen LogP contribution >= 0.6 is 27.7 Å². The van der Waals surface area contributed by atoms with Crippen LogP contribution in [0.4, 0.5) is 4.79 Å². The molecular weight excluding hydrogens is 384 g/mol. The van der Waals surface area contributed by atoms with Gasteiger partial charge < -0.3 is 10.1 Å². The molecule has 0 bridgehead atoms. The Morgan fingerprint density at radius 1 is 1.30 bits per heavy atom. The molecule has 126 valence electrons. The first-order valence-electron chi connectivity index (χ1n) is 6.93. The Labute approximate surface area is 147 Å². The van der Waals surface area contributed by atoms with E-state index in [-0.39, 0.29) is 11.8 Å². The van der Waals surface area contributed by atoms with Gasteiger partial charge in [-0.15, -0.1) is 11.8 Å². The molecule has 0 atom stereocenters. The van der Waals surface area contributed by atoms with Crippen LogP contribution in [0.15, 0.2) is 27.6 Å². The number of ether oxygens (including phenoxy) is 1. The number of thioether (sulfide) groups is 1. The van der Waals surface area contributed by atoms with Gasteiger partial charge in [-0.1, -0.05) is 15.9 Å². The highest BCUT2D eigenvalue weighted by Crippen LogP contribution is 2.25. The number of benzene rings is 1. The summed E-state index contributed by atoms with van der Waals surface area (Å²) in [4.78, 5) is 35.3. The Morgan fingerprint density at radius 3 is 2.61 bits per heavy atom. The van der Waals surface area contributed by atoms with Gasteiger partial charge in [-0.3, -0.25) is 14.9 Å². The van der Waals surface area contributed by atoms with Gasteiger partial charge >= 0.3 is 12.0 Å². The van der Waals surface area contributed by atoms with E-state index in [1.807, 2.05) is 25.1 Å². The molecule has 2 N–H and O–H groups in total. The second-order valence-corrected chi connectivity index (χ2v) is 6.97. The van der Waals surface area contributed by atoms with Crippen LogP contribution in [0.25, 0.3) is 0 Å². The zero-order valence-electron chi connectivity index (χ0n) is 13.1. The van der Waals surface area contributed by atoms with Crippen molar-refractivity contribution in [3.8, 4) is 0 Å². The highest BCUT2D eigenvalue weighted by atomic mass is 79.9. The smallest absolute Gasteiger partial charge is 0.321 e. The summed E-state index contributed by atoms with van der Waals surface area (Å²) in [6.07, 6.45) is 0. The standard InChI is InChI=1S/C15H19BrN2O4S/c1-9(2)17-15(21)18-13(19)7-22-14(20)8-23-12-5-4-11(16)6-10(12)3/h4-6,9H,7-8H2,1-3H3,(H2,17,18,19,21). The Morgan fingerprint density at radius 2 is 2.00 bits per heavy atom. The van der Waals surface area contributed by atoms with Crippen molar-refractivity contribution in [3.63, 3.8) is 0 Å². The summed E-state index contributed by atoms with van der Waals surface area (Å²) in [6.45, 7) is 5.00. The van der Waals surface area contributed by atoms with Crippen LogP contribution in [0.1, 0.15) is 19.4 Å². The molecule has 0 saturated heterocycles. The molecule has 0 aliphatic heterocycles. The molecule has 0 fully saturated rings. The minimum Gasteiger partial charge on any atom is -0.455 e. The predicted octanol–water partition coefficient (Wildman–Crippen LogP) is 2.63. The van der Waals surface area contributed by atoms with Crippen molar-refractivity contribution in [1.82, 2.24) is 10.6 Å². The summed E-state index contributed by atoms with van der Waals surface area (Å²) in [5.41, 5.74) is 1.04. The fourth-order valence-electron chi connectivity index (χ4n) is 1.56. The first-order chi connectivity index (χ1) is 10.8. The second-order valence-electron chi connectivity index (χ2n) is 5.04. The average molecular weight is 403 g/mol. The minimum absolute atomic E-state index is 0.0871. The van der Waals surface area contributed by atoms with Crippen molar-refractivity contribution < 1.29 is 19.1 Å². The molecule has 0 spiro atoms. The molecule has 6 nitrogen and oxygen atoms in total. The molecule has 0 saturated carbocycles. The van der Waals surface area contributed by atoms with E-state index in [0.29, 0.717) is 0 Å². The maximum atomic E-state index is 11.6. The van der Waals surface area contributed by atoms with Crippen molar-refractivity contribution in [2.45, 2.75) is 31.7 Å². The summed E-state index contributed by atoms with van der Waals surface area (Å²) >= 11 is 4.70. The van der Waals surface area contributed by atoms with Gasteiger partial charge in [-0.25, -0.2) is 4.79 Å². The lowest BCUT2D eigenvalue weighted by Crippen LogP contribution is -2.44. The van der Waals surface area contributed by atoms with Gasteiger partial charge in [0.05, 0.1) is 5.75 Å². The number of amides is 3. The van der Waals surface area contributed by atoms with Gasteiger partial charge in [0.15, 0.2) is 6.61 Å². The van der Waals surface area contributed by atoms with Gasteiger partial charge in [0.25, 0.3) is 5.91 Å². The van der Waals surface area contributed by atoms with Crippen LogP contribution in [0.2, 0.25) is 0 Å². The molecule has 0 aliphatic rings. The number of imide groups is 1. The summed E-state index contributed by atoms with van der Waals surface area (Å²) in [5.74, 6) is -1.09. The van der Waals surface area contributed by atoms with Gasteiger partial charge in [-0.05, 0) is 44.5 Å². The van der Waals surface area contributed by atoms with Crippen LogP contribution in [0.5, 0.6) is 0 Å². The Kier molecular flexibility index (Phi) is 8.11. The third-order valence-corrected chi connectivity index (χ3v) is 4.16. The molecule has 23 heavy (non-hydrogen) atoms. The summed E-state index contributed by atoms with van der Waals surface area (Å²) in [7, 11) is 0. The molecule has 1 rings (SSSR count). The lowest BCUT2D eigenvalue weighted by molar-refractivity contribution is -0.145. The summed E-state index contributed by atoms with van der Waals surface area (Å²) in [6, 6.07) is 5.05. The first-order valence-corrected chi connectivity index (χ1v) is 8.70. The monoisotopic (exact) mass is 402 g/mol. The molecule has 0 aromatic heterocycles. The normalized spacial score (nSPS) is 10.3. The van der Waals surface area contributed by atoms with Crippen molar-refractivity contribution in [1.29, 1.82) is 0 Å². The average Bonchev–Trinajstić information content (AvgIpc) is 2.43. The van der Waals surface area contributed by atoms with Crippen LogP contribution < -0.4 is 10.6 Å². The molecule has 0 heterocycles. The fraction of sp³-hybridized carbons (Fsp3) is 0.400. The Bertz CT molecular complexity index is 593. The van der Waals surface area contributed by atoms with E-state index in [9.17, 15) is 14.4 Å². The number of aryl methyl sites for hydroxylation is 1. The van der Waals surface area contributed by atoms with E-state index in [0.717, 1.165) is 14.9 Å². The topological polar surface area (TPSA) is 84.5 Å². The van der Waals surface area contributed by atoms with Crippen molar-refractivity contribution in [2.24, 2.45) is 0 Å². The van der Waals surface area contributed by atoms with Crippen LogP contribution in [0.3, 0.4) is 0 Å². The van der Waals surface area contributed by atoms with Crippen molar-refractivity contribution in [2.75, 3.05) is 12.4 Å². The van der Waals surface area contributed by atoms with Gasteiger partial charge in [0.2, 0.25) is 0 Å². The minimum atomic E-state index is -0.665. The maximum Gasteiger partial charge on any atom is 0.321 e. The predicted molar refractivity (Wildman–Crippen MR) is 92.4 cm³/mol. The largest absolute Gasteiger partial charge is 0.455 e. The van der Waals surface area contributed by atoms with Crippen LogP contribution in [-0.2, 0) is 14.3 Å². The van der Waals surface area contributed by atoms with E-state index in [4.69, 9.17) is 4.74 Å². The number of nitrogens with one attached hydrogen (secondary N) is 2. The maximum absolute atomic E-state index is 11.6. The number of carbonyl (C=O) groups excluding carboxylic acids is 3. The van der Waals surface area contributed by atoms with Crippen LogP contribution in [-0.4, -0.2) is 36.3 Å². The number of rotatable bonds is 6. The zero-order chi connectivity index (χ0) is 17.4. The summed E-state index contributed by atoms with van der Waals surface area (Å²) < 4.78 is 5.80. The molecule has 3 amide bonds. The SMILES string of the molecule is Cc1cc(Br)ccc1SCC(=O)OCC(=O)NC(=O)NC(C)C. The third kappa shape index (κ3) is 8.03. The molecular formula is C15H19BrN2O4S. The quantitative estimate of drug-likeness (QED) is 0.564. The van der Waals surface area contributed by atoms with E-state index < -0.39 is 24.5 Å². The molecule has 0 unspecified atom stereocenters. The molecule has 1 aromatic carbocycles. The number of halogens is 1. The number of carbonyl (C=O) groups is 3. The van der Waals surface area contributed by atoms with Crippen LogP contribution in [0, 0.1) is 6.92 Å². The van der Waals surface area contributed by atoms with Gasteiger partial charge in [0, 0.05) is 15.4 Å². The fourth-order valence-corrected chi connectivity index (χ4v) is 2.84. The summed E-state index contributed by atoms with van der Waals surface area (Å²) in [5, 5.41) is 4.58. The molecule has 1 aromatic rings. The van der Waals surface area contributed by atoms with Gasteiger partial charge in [0.1, 0.15) is 0 Å². The number of hydrogen-bond acceptors (Lipinski definition) is 5. The number of esters is 1.